The Bertz CT molecular complexity index is 509. The molecule has 2 heterocycles. The van der Waals surface area contributed by atoms with Crippen LogP contribution in [-0.2, 0) is 17.7 Å². The zero-order valence-corrected chi connectivity index (χ0v) is 15.9. The summed E-state index contributed by atoms with van der Waals surface area (Å²) in [7, 11) is 1.76. The van der Waals surface area contributed by atoms with Gasteiger partial charge in [0.2, 0.25) is 0 Å². The van der Waals surface area contributed by atoms with Crippen LogP contribution in [0.15, 0.2) is 11.3 Å². The molecule has 2 N–H and O–H groups in total. The van der Waals surface area contributed by atoms with E-state index >= 15 is 0 Å². The Balaban J connectivity index is 1.78. The number of aryl methyl sites for hydroxylation is 1. The number of hydrogen-bond acceptors (Lipinski definition) is 5. The van der Waals surface area contributed by atoms with Gasteiger partial charge in [0.05, 0.1) is 13.2 Å². The lowest BCUT2D eigenvalue weighted by molar-refractivity contribution is 0.128. The average molecular weight is 351 g/mol. The molecule has 25 heavy (non-hydrogen) atoms. The molecule has 1 aliphatic heterocycles. The second kappa shape index (κ2) is 11.0. The fraction of sp³-hybridized carbons (Fsp3) is 0.824. The van der Waals surface area contributed by atoms with Gasteiger partial charge in [-0.15, -0.1) is 10.2 Å². The van der Waals surface area contributed by atoms with Gasteiger partial charge >= 0.3 is 0 Å². The predicted octanol–water partition coefficient (Wildman–Crippen LogP) is 0.506. The van der Waals surface area contributed by atoms with Gasteiger partial charge in [-0.1, -0.05) is 6.92 Å². The van der Waals surface area contributed by atoms with E-state index in [4.69, 9.17) is 9.73 Å². The lowest BCUT2D eigenvalue weighted by Crippen LogP contribution is -2.49. The van der Waals surface area contributed by atoms with Gasteiger partial charge in [0.15, 0.2) is 5.96 Å². The number of nitrogens with one attached hydrogen (secondary N) is 2. The number of nitrogens with zero attached hydrogens (tertiary/aromatic N) is 5. The first kappa shape index (κ1) is 19.7. The molecule has 0 unspecified atom stereocenters. The van der Waals surface area contributed by atoms with E-state index in [2.05, 4.69) is 44.1 Å². The summed E-state index contributed by atoms with van der Waals surface area (Å²) in [4.78, 5) is 7.17. The number of hydrogen-bond donors (Lipinski definition) is 2. The first-order valence-electron chi connectivity index (χ1n) is 9.39. The van der Waals surface area contributed by atoms with Crippen molar-refractivity contribution in [2.45, 2.75) is 45.7 Å². The van der Waals surface area contributed by atoms with Crippen LogP contribution < -0.4 is 10.6 Å². The van der Waals surface area contributed by atoms with Gasteiger partial charge in [0.1, 0.15) is 12.2 Å². The number of likely N-dealkylation sites (tertiary alicyclic amines) is 1. The number of aromatic nitrogens is 3. The second-order valence-corrected chi connectivity index (χ2v) is 6.31. The topological polar surface area (TPSA) is 79.6 Å². The summed E-state index contributed by atoms with van der Waals surface area (Å²) in [6.07, 6.45) is 4.95. The highest BCUT2D eigenvalue weighted by Gasteiger charge is 2.19. The van der Waals surface area contributed by atoms with Gasteiger partial charge in [-0.25, -0.2) is 0 Å². The van der Waals surface area contributed by atoms with Crippen molar-refractivity contribution in [3.8, 4) is 0 Å². The van der Waals surface area contributed by atoms with Crippen LogP contribution in [-0.4, -0.2) is 78.1 Å². The number of methoxy groups -OCH3 is 1. The summed E-state index contributed by atoms with van der Waals surface area (Å²) in [6.45, 7) is 10.6. The van der Waals surface area contributed by atoms with E-state index in [0.29, 0.717) is 12.6 Å². The first-order valence-corrected chi connectivity index (χ1v) is 9.39. The van der Waals surface area contributed by atoms with Crippen LogP contribution in [0.5, 0.6) is 0 Å². The second-order valence-electron chi connectivity index (χ2n) is 6.31. The van der Waals surface area contributed by atoms with Crippen LogP contribution in [0.4, 0.5) is 0 Å². The summed E-state index contributed by atoms with van der Waals surface area (Å²) in [6, 6.07) is 0.484. The molecule has 8 nitrogen and oxygen atoms in total. The Kier molecular flexibility index (Phi) is 8.68. The van der Waals surface area contributed by atoms with E-state index in [-0.39, 0.29) is 0 Å². The first-order chi connectivity index (χ1) is 12.3. The van der Waals surface area contributed by atoms with E-state index < -0.39 is 0 Å². The molecule has 1 saturated heterocycles. The molecule has 0 spiro atoms. The summed E-state index contributed by atoms with van der Waals surface area (Å²) in [5.41, 5.74) is 0. The molecule has 1 aromatic heterocycles. The molecule has 0 aliphatic carbocycles. The van der Waals surface area contributed by atoms with Crippen molar-refractivity contribution in [1.82, 2.24) is 30.3 Å². The summed E-state index contributed by atoms with van der Waals surface area (Å²) in [5, 5.41) is 15.0. The number of ether oxygens (including phenoxy) is 1. The third-order valence-corrected chi connectivity index (χ3v) is 4.51. The Morgan fingerprint density at radius 3 is 2.80 bits per heavy atom. The zero-order chi connectivity index (χ0) is 17.9. The fourth-order valence-corrected chi connectivity index (χ4v) is 3.04. The molecule has 0 atom stereocenters. The highest BCUT2D eigenvalue weighted by Crippen LogP contribution is 2.09. The molecule has 8 heteroatoms. The van der Waals surface area contributed by atoms with E-state index in [1.54, 1.807) is 13.4 Å². The third-order valence-electron chi connectivity index (χ3n) is 4.51. The van der Waals surface area contributed by atoms with Crippen LogP contribution in [0.2, 0.25) is 0 Å². The Labute approximate surface area is 151 Å². The van der Waals surface area contributed by atoms with Gasteiger partial charge in [-0.2, -0.15) is 0 Å². The van der Waals surface area contributed by atoms with Crippen LogP contribution >= 0.6 is 0 Å². The quantitative estimate of drug-likeness (QED) is 0.498. The lowest BCUT2D eigenvalue weighted by Gasteiger charge is -2.32. The fourth-order valence-electron chi connectivity index (χ4n) is 3.04. The molecular formula is C17H33N7O. The molecule has 142 valence electrons. The summed E-state index contributed by atoms with van der Waals surface area (Å²) in [5.74, 6) is 1.92. The minimum Gasteiger partial charge on any atom is -0.383 e. The summed E-state index contributed by atoms with van der Waals surface area (Å²) < 4.78 is 7.23. The lowest BCUT2D eigenvalue weighted by atomic mass is 10.1. The predicted molar refractivity (Wildman–Crippen MR) is 99.9 cm³/mol. The van der Waals surface area contributed by atoms with Gasteiger partial charge in [0, 0.05) is 52.3 Å². The van der Waals surface area contributed by atoms with Crippen molar-refractivity contribution in [3.05, 3.63) is 12.2 Å². The Morgan fingerprint density at radius 1 is 1.32 bits per heavy atom. The number of aliphatic imine (C=N–C) groups is 1. The highest BCUT2D eigenvalue weighted by atomic mass is 16.5. The largest absolute Gasteiger partial charge is 0.383 e. The van der Waals surface area contributed by atoms with Crippen molar-refractivity contribution < 1.29 is 4.74 Å². The number of rotatable bonds is 9. The van der Waals surface area contributed by atoms with Crippen LogP contribution in [0.25, 0.3) is 0 Å². The molecule has 1 aliphatic rings. The molecule has 0 bridgehead atoms. The number of piperidine rings is 1. The van der Waals surface area contributed by atoms with Crippen molar-refractivity contribution in [3.63, 3.8) is 0 Å². The van der Waals surface area contributed by atoms with Crippen LogP contribution in [0.3, 0.4) is 0 Å². The Hall–Kier alpha value is -1.67. The molecule has 0 amide bonds. The van der Waals surface area contributed by atoms with Crippen molar-refractivity contribution in [1.29, 1.82) is 0 Å². The smallest absolute Gasteiger partial charge is 0.191 e. The molecule has 0 saturated carbocycles. The zero-order valence-electron chi connectivity index (χ0n) is 15.9. The van der Waals surface area contributed by atoms with Crippen molar-refractivity contribution >= 4 is 5.96 Å². The van der Waals surface area contributed by atoms with Crippen molar-refractivity contribution in [2.75, 3.05) is 46.4 Å². The van der Waals surface area contributed by atoms with E-state index in [9.17, 15) is 0 Å². The maximum absolute atomic E-state index is 5.16. The van der Waals surface area contributed by atoms with Crippen molar-refractivity contribution in [2.24, 2.45) is 4.99 Å². The SMILES string of the molecule is CCNC(=NCCn1cnnc1CC)NC1CCN(CCOC)CC1. The minimum absolute atomic E-state index is 0.484. The third kappa shape index (κ3) is 6.62. The molecule has 2 rings (SSSR count). The summed E-state index contributed by atoms with van der Waals surface area (Å²) >= 11 is 0. The van der Waals surface area contributed by atoms with Crippen LogP contribution in [0, 0.1) is 0 Å². The maximum Gasteiger partial charge on any atom is 0.191 e. The Morgan fingerprint density at radius 2 is 2.12 bits per heavy atom. The van der Waals surface area contributed by atoms with Gasteiger partial charge in [-0.3, -0.25) is 4.99 Å². The normalized spacial score (nSPS) is 17.0. The number of guanidine groups is 1. The van der Waals surface area contributed by atoms with E-state index in [1.807, 2.05) is 0 Å². The molecule has 1 aromatic rings. The van der Waals surface area contributed by atoms with E-state index in [0.717, 1.165) is 70.4 Å². The molecular weight excluding hydrogens is 318 g/mol. The average Bonchev–Trinajstić information content (AvgIpc) is 3.09. The molecule has 1 fully saturated rings. The highest BCUT2D eigenvalue weighted by molar-refractivity contribution is 5.80. The monoisotopic (exact) mass is 351 g/mol. The van der Waals surface area contributed by atoms with Gasteiger partial charge in [0.25, 0.3) is 0 Å². The van der Waals surface area contributed by atoms with E-state index in [1.165, 1.54) is 0 Å². The van der Waals surface area contributed by atoms with Gasteiger partial charge in [-0.05, 0) is 19.8 Å². The van der Waals surface area contributed by atoms with Crippen LogP contribution in [0.1, 0.15) is 32.5 Å². The minimum atomic E-state index is 0.484. The van der Waals surface area contributed by atoms with Gasteiger partial charge < -0.3 is 24.8 Å². The standard InChI is InChI=1S/C17H33N7O/c1-4-16-22-20-14-24(16)11-8-19-17(18-5-2)21-15-6-9-23(10-7-15)12-13-25-3/h14-15H,4-13H2,1-3H3,(H2,18,19,21). The molecule has 0 aromatic carbocycles. The molecule has 0 radical (unpaired) electrons. The maximum atomic E-state index is 5.16.